The number of urea groups is 1. The van der Waals surface area contributed by atoms with E-state index in [9.17, 15) is 14.4 Å². The van der Waals surface area contributed by atoms with Crippen LogP contribution in [0.5, 0.6) is 0 Å². The van der Waals surface area contributed by atoms with Crippen LogP contribution in [-0.2, 0) is 20.7 Å². The molecule has 7 heteroatoms. The first kappa shape index (κ1) is 17.8. The zero-order chi connectivity index (χ0) is 17.7. The van der Waals surface area contributed by atoms with Gasteiger partial charge < -0.3 is 20.7 Å². The van der Waals surface area contributed by atoms with Gasteiger partial charge in [0.2, 0.25) is 5.91 Å². The van der Waals surface area contributed by atoms with Crippen LogP contribution in [0.25, 0.3) is 0 Å². The van der Waals surface area contributed by atoms with E-state index in [0.29, 0.717) is 24.2 Å². The first-order chi connectivity index (χ1) is 11.3. The van der Waals surface area contributed by atoms with Crippen molar-refractivity contribution in [3.8, 4) is 0 Å². The smallest absolute Gasteiger partial charge is 0.319 e. The van der Waals surface area contributed by atoms with Gasteiger partial charge in [0.05, 0.1) is 18.4 Å². The van der Waals surface area contributed by atoms with Crippen molar-refractivity contribution >= 4 is 29.3 Å². The van der Waals surface area contributed by atoms with Crippen LogP contribution in [0.4, 0.5) is 16.2 Å². The van der Waals surface area contributed by atoms with E-state index in [1.807, 2.05) is 20.8 Å². The zero-order valence-corrected chi connectivity index (χ0v) is 14.2. The lowest BCUT2D eigenvalue weighted by molar-refractivity contribution is -0.153. The number of ether oxygens (including phenoxy) is 1. The Morgan fingerprint density at radius 2 is 2.08 bits per heavy atom. The molecule has 3 amide bonds. The van der Waals surface area contributed by atoms with Crippen LogP contribution in [-0.4, -0.2) is 31.1 Å². The molecule has 0 aromatic heterocycles. The number of nitrogens with one attached hydrogen (secondary N) is 3. The minimum Gasteiger partial charge on any atom is -0.463 e. The second kappa shape index (κ2) is 7.33. The first-order valence-corrected chi connectivity index (χ1v) is 7.96. The molecule has 3 N–H and O–H groups in total. The summed E-state index contributed by atoms with van der Waals surface area (Å²) in [6, 6.07) is 4.86. The number of anilines is 2. The third-order valence-corrected chi connectivity index (χ3v) is 4.05. The highest BCUT2D eigenvalue weighted by atomic mass is 16.5. The summed E-state index contributed by atoms with van der Waals surface area (Å²) in [6.07, 6.45) is 1.05. The fraction of sp³-hybridized carbons (Fsp3) is 0.471. The van der Waals surface area contributed by atoms with Crippen molar-refractivity contribution in [2.75, 3.05) is 23.8 Å². The number of benzene rings is 1. The van der Waals surface area contributed by atoms with E-state index in [2.05, 4.69) is 16.0 Å². The summed E-state index contributed by atoms with van der Waals surface area (Å²) in [5, 5.41) is 8.02. The number of carbonyl (C=O) groups is 3. The lowest BCUT2D eigenvalue weighted by Gasteiger charge is -2.20. The molecule has 1 aliphatic heterocycles. The second-order valence-electron chi connectivity index (χ2n) is 6.35. The molecule has 0 saturated heterocycles. The summed E-state index contributed by atoms with van der Waals surface area (Å²) in [5.41, 5.74) is 1.69. The molecular formula is C17H23N3O4. The average Bonchev–Trinajstić information content (AvgIpc) is 2.90. The Balaban J connectivity index is 1.74. The lowest BCUT2D eigenvalue weighted by atomic mass is 9.91. The molecule has 0 bridgehead atoms. The van der Waals surface area contributed by atoms with E-state index in [4.69, 9.17) is 4.74 Å². The van der Waals surface area contributed by atoms with Gasteiger partial charge in [-0.15, -0.1) is 0 Å². The minimum absolute atomic E-state index is 0.0524. The Hall–Kier alpha value is -2.57. The van der Waals surface area contributed by atoms with Crippen LogP contribution in [0.1, 0.15) is 32.8 Å². The van der Waals surface area contributed by atoms with Gasteiger partial charge in [-0.1, -0.05) is 13.0 Å². The molecular weight excluding hydrogens is 310 g/mol. The maximum absolute atomic E-state index is 11.8. The van der Waals surface area contributed by atoms with Crippen molar-refractivity contribution in [3.05, 3.63) is 23.8 Å². The fourth-order valence-corrected chi connectivity index (χ4v) is 2.12. The molecule has 0 radical (unpaired) electrons. The topological polar surface area (TPSA) is 96.5 Å². The van der Waals surface area contributed by atoms with E-state index >= 15 is 0 Å². The molecule has 1 aromatic rings. The van der Waals surface area contributed by atoms with Gasteiger partial charge >= 0.3 is 12.0 Å². The van der Waals surface area contributed by atoms with Gasteiger partial charge in [-0.3, -0.25) is 9.59 Å². The van der Waals surface area contributed by atoms with E-state index < -0.39 is 11.4 Å². The number of rotatable bonds is 6. The predicted octanol–water partition coefficient (Wildman–Crippen LogP) is 2.28. The molecule has 130 valence electrons. The quantitative estimate of drug-likeness (QED) is 0.549. The maximum Gasteiger partial charge on any atom is 0.319 e. The van der Waals surface area contributed by atoms with Crippen LogP contribution in [0, 0.1) is 5.41 Å². The number of fused-ring (bicyclic) bond motifs is 1. The van der Waals surface area contributed by atoms with E-state index in [0.717, 1.165) is 5.56 Å². The molecule has 0 atom stereocenters. The molecule has 0 unspecified atom stereocenters. The fourth-order valence-electron chi connectivity index (χ4n) is 2.12. The van der Waals surface area contributed by atoms with Gasteiger partial charge in [-0.2, -0.15) is 0 Å². The van der Waals surface area contributed by atoms with Crippen molar-refractivity contribution in [2.45, 2.75) is 33.6 Å². The summed E-state index contributed by atoms with van der Waals surface area (Å²) in [7, 11) is 0. The Morgan fingerprint density at radius 3 is 2.79 bits per heavy atom. The predicted molar refractivity (Wildman–Crippen MR) is 90.8 cm³/mol. The number of esters is 1. The van der Waals surface area contributed by atoms with Gasteiger partial charge in [0.25, 0.3) is 0 Å². The summed E-state index contributed by atoms with van der Waals surface area (Å²) >= 11 is 0. The molecule has 1 aromatic carbocycles. The molecule has 2 rings (SSSR count). The molecule has 24 heavy (non-hydrogen) atoms. The van der Waals surface area contributed by atoms with Gasteiger partial charge in [0.1, 0.15) is 6.61 Å². The highest BCUT2D eigenvalue weighted by molar-refractivity contribution is 6.00. The maximum atomic E-state index is 11.8. The van der Waals surface area contributed by atoms with Crippen molar-refractivity contribution in [2.24, 2.45) is 5.41 Å². The van der Waals surface area contributed by atoms with Crippen LogP contribution in [0.2, 0.25) is 0 Å². The molecule has 1 heterocycles. The normalized spacial score (nSPS) is 13.0. The summed E-state index contributed by atoms with van der Waals surface area (Å²) in [4.78, 5) is 34.9. The first-order valence-electron chi connectivity index (χ1n) is 7.96. The van der Waals surface area contributed by atoms with Crippen LogP contribution >= 0.6 is 0 Å². The Morgan fingerprint density at radius 1 is 1.33 bits per heavy atom. The summed E-state index contributed by atoms with van der Waals surface area (Å²) in [6.45, 7) is 5.91. The van der Waals surface area contributed by atoms with Gasteiger partial charge in [-0.05, 0) is 38.0 Å². The Kier molecular flexibility index (Phi) is 5.43. The Bertz CT molecular complexity index is 655. The third-order valence-electron chi connectivity index (χ3n) is 4.05. The van der Waals surface area contributed by atoms with Gasteiger partial charge in [0.15, 0.2) is 0 Å². The lowest BCUT2D eigenvalue weighted by Crippen LogP contribution is -2.34. The highest BCUT2D eigenvalue weighted by Gasteiger charge is 2.26. The SMILES string of the molecule is CCC(C)(C)C(=O)OCCNC(=O)Nc1ccc2c(c1)NC(=O)C2. The van der Waals surface area contributed by atoms with Crippen molar-refractivity contribution < 1.29 is 19.1 Å². The van der Waals surface area contributed by atoms with Crippen molar-refractivity contribution in [1.82, 2.24) is 5.32 Å². The Labute approximate surface area is 141 Å². The molecule has 0 fully saturated rings. The second-order valence-corrected chi connectivity index (χ2v) is 6.35. The number of carbonyl (C=O) groups excluding carboxylic acids is 3. The number of hydrogen-bond donors (Lipinski definition) is 3. The molecule has 0 saturated carbocycles. The summed E-state index contributed by atoms with van der Waals surface area (Å²) < 4.78 is 5.14. The molecule has 0 spiro atoms. The van der Waals surface area contributed by atoms with Crippen LogP contribution < -0.4 is 16.0 Å². The van der Waals surface area contributed by atoms with Gasteiger partial charge in [0, 0.05) is 11.4 Å². The van der Waals surface area contributed by atoms with E-state index in [1.54, 1.807) is 18.2 Å². The molecule has 0 aliphatic carbocycles. The zero-order valence-electron chi connectivity index (χ0n) is 14.2. The van der Waals surface area contributed by atoms with Crippen molar-refractivity contribution in [1.29, 1.82) is 0 Å². The third kappa shape index (κ3) is 4.47. The van der Waals surface area contributed by atoms with Crippen LogP contribution in [0.15, 0.2) is 18.2 Å². The minimum atomic E-state index is -0.517. The molecule has 1 aliphatic rings. The van der Waals surface area contributed by atoms with E-state index in [-0.39, 0.29) is 25.0 Å². The van der Waals surface area contributed by atoms with Crippen LogP contribution in [0.3, 0.4) is 0 Å². The number of amides is 3. The molecule has 7 nitrogen and oxygen atoms in total. The number of hydrogen-bond acceptors (Lipinski definition) is 4. The average molecular weight is 333 g/mol. The highest BCUT2D eigenvalue weighted by Crippen LogP contribution is 2.26. The summed E-state index contributed by atoms with van der Waals surface area (Å²) in [5.74, 6) is -0.329. The van der Waals surface area contributed by atoms with Crippen molar-refractivity contribution in [3.63, 3.8) is 0 Å². The van der Waals surface area contributed by atoms with Gasteiger partial charge in [-0.25, -0.2) is 4.79 Å². The largest absolute Gasteiger partial charge is 0.463 e. The standard InChI is InChI=1S/C17H23N3O4/c1-4-17(2,3)15(22)24-8-7-18-16(23)19-12-6-5-11-9-14(21)20-13(11)10-12/h5-6,10H,4,7-9H2,1-3H3,(H,20,21)(H2,18,19,23). The monoisotopic (exact) mass is 333 g/mol. The van der Waals surface area contributed by atoms with E-state index in [1.165, 1.54) is 0 Å².